The predicted octanol–water partition coefficient (Wildman–Crippen LogP) is 3.75. The number of nitrogens with zero attached hydrogens (tertiary/aromatic N) is 4. The molecule has 26 heavy (non-hydrogen) atoms. The van der Waals surface area contributed by atoms with Crippen molar-refractivity contribution in [2.24, 2.45) is 5.41 Å². The van der Waals surface area contributed by atoms with E-state index in [9.17, 15) is 4.79 Å². The molecule has 0 aliphatic rings. The predicted molar refractivity (Wildman–Crippen MR) is 98.5 cm³/mol. The molecule has 1 aromatic carbocycles. The van der Waals surface area contributed by atoms with Gasteiger partial charge in [-0.3, -0.25) is 4.79 Å². The van der Waals surface area contributed by atoms with Gasteiger partial charge in [0.1, 0.15) is 11.6 Å². The Balaban J connectivity index is 1.74. The highest BCUT2D eigenvalue weighted by Gasteiger charge is 2.21. The van der Waals surface area contributed by atoms with Crippen molar-refractivity contribution in [3.63, 3.8) is 0 Å². The molecule has 0 fully saturated rings. The maximum Gasteiger partial charge on any atom is 0.229 e. The van der Waals surface area contributed by atoms with Gasteiger partial charge in [-0.05, 0) is 37.3 Å². The summed E-state index contributed by atoms with van der Waals surface area (Å²) >= 11 is 0. The Morgan fingerprint density at radius 1 is 1.15 bits per heavy atom. The number of amides is 1. The van der Waals surface area contributed by atoms with Crippen LogP contribution in [0.4, 0.5) is 5.69 Å². The van der Waals surface area contributed by atoms with E-state index in [2.05, 4.69) is 20.4 Å². The Morgan fingerprint density at radius 2 is 1.88 bits per heavy atom. The van der Waals surface area contributed by atoms with E-state index in [-0.39, 0.29) is 5.91 Å². The number of rotatable bonds is 4. The zero-order chi connectivity index (χ0) is 18.7. The lowest BCUT2D eigenvalue weighted by atomic mass is 9.95. The minimum Gasteiger partial charge on any atom is -0.439 e. The molecule has 0 atom stereocenters. The van der Waals surface area contributed by atoms with Gasteiger partial charge in [0.05, 0.1) is 0 Å². The van der Waals surface area contributed by atoms with Crippen LogP contribution in [0.2, 0.25) is 0 Å². The maximum absolute atomic E-state index is 12.0. The van der Waals surface area contributed by atoms with Gasteiger partial charge in [-0.2, -0.15) is 10.1 Å². The van der Waals surface area contributed by atoms with Crippen LogP contribution < -0.4 is 10.1 Å². The molecular weight excluding hydrogens is 330 g/mol. The number of aryl methyl sites for hydroxylation is 1. The summed E-state index contributed by atoms with van der Waals surface area (Å²) in [6.45, 7) is 7.41. The Hall–Kier alpha value is -3.22. The van der Waals surface area contributed by atoms with Crippen LogP contribution in [0.25, 0.3) is 5.82 Å². The molecule has 0 saturated heterocycles. The highest BCUT2D eigenvalue weighted by atomic mass is 16.5. The number of ether oxygens (including phenoxy) is 1. The van der Waals surface area contributed by atoms with Crippen molar-refractivity contribution < 1.29 is 9.53 Å². The maximum atomic E-state index is 12.0. The SMILES string of the molecule is Cc1nc(Oc2ccc(NC(=O)C(C)(C)C)cc2)cc(-n2cccn2)n1. The second kappa shape index (κ2) is 6.95. The second-order valence-electron chi connectivity index (χ2n) is 6.89. The topological polar surface area (TPSA) is 81.9 Å². The molecule has 134 valence electrons. The van der Waals surface area contributed by atoms with Crippen LogP contribution in [0.5, 0.6) is 11.6 Å². The van der Waals surface area contributed by atoms with Gasteiger partial charge in [-0.15, -0.1) is 0 Å². The van der Waals surface area contributed by atoms with Gasteiger partial charge in [0.2, 0.25) is 11.8 Å². The highest BCUT2D eigenvalue weighted by Crippen LogP contribution is 2.24. The zero-order valence-corrected chi connectivity index (χ0v) is 15.2. The summed E-state index contributed by atoms with van der Waals surface area (Å²) < 4.78 is 7.47. The molecule has 2 aromatic heterocycles. The molecule has 3 aromatic rings. The van der Waals surface area contributed by atoms with E-state index in [4.69, 9.17) is 4.74 Å². The fourth-order valence-corrected chi connectivity index (χ4v) is 2.14. The highest BCUT2D eigenvalue weighted by molar-refractivity contribution is 5.94. The number of carbonyl (C=O) groups excluding carboxylic acids is 1. The number of hydrogen-bond donors (Lipinski definition) is 1. The molecule has 0 aliphatic carbocycles. The molecule has 0 radical (unpaired) electrons. The molecule has 0 spiro atoms. The Labute approximate surface area is 152 Å². The summed E-state index contributed by atoms with van der Waals surface area (Å²) in [4.78, 5) is 20.7. The molecule has 0 unspecified atom stereocenters. The first-order valence-electron chi connectivity index (χ1n) is 8.26. The van der Waals surface area contributed by atoms with Gasteiger partial charge in [0.25, 0.3) is 0 Å². The third-order valence-electron chi connectivity index (χ3n) is 3.56. The van der Waals surface area contributed by atoms with Crippen LogP contribution in [0.3, 0.4) is 0 Å². The van der Waals surface area contributed by atoms with Gasteiger partial charge in [-0.1, -0.05) is 20.8 Å². The molecule has 2 heterocycles. The van der Waals surface area contributed by atoms with Crippen LogP contribution in [0, 0.1) is 12.3 Å². The standard InChI is InChI=1S/C19H21N5O2/c1-13-21-16(24-11-5-10-20-24)12-17(22-13)26-15-8-6-14(7-9-15)23-18(25)19(2,3)4/h5-12H,1-4H3,(H,23,25). The molecule has 0 bridgehead atoms. The second-order valence-corrected chi connectivity index (χ2v) is 6.89. The van der Waals surface area contributed by atoms with Gasteiger partial charge < -0.3 is 10.1 Å². The number of benzene rings is 1. The van der Waals surface area contributed by atoms with Gasteiger partial charge >= 0.3 is 0 Å². The van der Waals surface area contributed by atoms with Crippen molar-refractivity contribution in [1.82, 2.24) is 19.7 Å². The number of anilines is 1. The van der Waals surface area contributed by atoms with E-state index in [0.717, 1.165) is 0 Å². The lowest BCUT2D eigenvalue weighted by Gasteiger charge is -2.17. The quantitative estimate of drug-likeness (QED) is 0.774. The van der Waals surface area contributed by atoms with Crippen LogP contribution in [0.1, 0.15) is 26.6 Å². The van der Waals surface area contributed by atoms with E-state index in [1.54, 1.807) is 54.3 Å². The minimum absolute atomic E-state index is 0.0403. The molecule has 3 rings (SSSR count). The molecule has 7 heteroatoms. The molecule has 1 amide bonds. The van der Waals surface area contributed by atoms with E-state index in [1.165, 1.54) is 0 Å². The first-order chi connectivity index (χ1) is 12.3. The van der Waals surface area contributed by atoms with E-state index in [0.29, 0.717) is 29.0 Å². The van der Waals surface area contributed by atoms with Crippen molar-refractivity contribution in [3.8, 4) is 17.4 Å². The number of hydrogen-bond acceptors (Lipinski definition) is 5. The number of carbonyl (C=O) groups is 1. The first kappa shape index (κ1) is 17.6. The summed E-state index contributed by atoms with van der Waals surface area (Å²) in [6, 6.07) is 10.7. The molecule has 7 nitrogen and oxygen atoms in total. The van der Waals surface area contributed by atoms with Crippen molar-refractivity contribution in [2.75, 3.05) is 5.32 Å². The normalized spacial score (nSPS) is 11.2. The fraction of sp³-hybridized carbons (Fsp3) is 0.263. The van der Waals surface area contributed by atoms with Gasteiger partial charge in [0.15, 0.2) is 5.82 Å². The Bertz CT molecular complexity index is 897. The van der Waals surface area contributed by atoms with Crippen molar-refractivity contribution in [2.45, 2.75) is 27.7 Å². The van der Waals surface area contributed by atoms with E-state index >= 15 is 0 Å². The molecule has 0 aliphatic heterocycles. The summed E-state index contributed by atoms with van der Waals surface area (Å²) in [5.41, 5.74) is 0.268. The monoisotopic (exact) mass is 351 g/mol. The van der Waals surface area contributed by atoms with Crippen molar-refractivity contribution in [3.05, 3.63) is 54.6 Å². The number of aromatic nitrogens is 4. The fourth-order valence-electron chi connectivity index (χ4n) is 2.14. The Morgan fingerprint density at radius 3 is 2.50 bits per heavy atom. The van der Waals surface area contributed by atoms with Crippen molar-refractivity contribution >= 4 is 11.6 Å². The summed E-state index contributed by atoms with van der Waals surface area (Å²) in [6.07, 6.45) is 3.49. The van der Waals surface area contributed by atoms with E-state index in [1.807, 2.05) is 26.8 Å². The molecule has 0 saturated carbocycles. The molecular formula is C19H21N5O2. The van der Waals surface area contributed by atoms with Crippen LogP contribution in [-0.4, -0.2) is 25.7 Å². The largest absolute Gasteiger partial charge is 0.439 e. The number of nitrogens with one attached hydrogen (secondary N) is 1. The summed E-state index contributed by atoms with van der Waals surface area (Å²) in [5.74, 6) is 2.22. The zero-order valence-electron chi connectivity index (χ0n) is 15.2. The summed E-state index contributed by atoms with van der Waals surface area (Å²) in [7, 11) is 0. The van der Waals surface area contributed by atoms with Crippen LogP contribution >= 0.6 is 0 Å². The lowest BCUT2D eigenvalue weighted by Crippen LogP contribution is -2.27. The van der Waals surface area contributed by atoms with E-state index < -0.39 is 5.41 Å². The molecule has 1 N–H and O–H groups in total. The van der Waals surface area contributed by atoms with Gasteiger partial charge in [0, 0.05) is 29.6 Å². The van der Waals surface area contributed by atoms with Crippen molar-refractivity contribution in [1.29, 1.82) is 0 Å². The van der Waals surface area contributed by atoms with Gasteiger partial charge in [-0.25, -0.2) is 9.67 Å². The third-order valence-corrected chi connectivity index (χ3v) is 3.56. The van der Waals surface area contributed by atoms with Crippen LogP contribution in [0.15, 0.2) is 48.8 Å². The lowest BCUT2D eigenvalue weighted by molar-refractivity contribution is -0.123. The third kappa shape index (κ3) is 4.24. The van der Waals surface area contributed by atoms with Crippen LogP contribution in [-0.2, 0) is 4.79 Å². The Kier molecular flexibility index (Phi) is 4.71. The first-order valence-corrected chi connectivity index (χ1v) is 8.26. The average molecular weight is 351 g/mol. The minimum atomic E-state index is -0.448. The summed E-state index contributed by atoms with van der Waals surface area (Å²) in [5, 5.41) is 7.04. The smallest absolute Gasteiger partial charge is 0.229 e. The average Bonchev–Trinajstić information content (AvgIpc) is 3.10.